The van der Waals surface area contributed by atoms with Crippen LogP contribution in [0.25, 0.3) is 0 Å². The molecule has 2 aromatic carbocycles. The number of likely N-dealkylation sites (N-methyl/N-ethyl adjacent to an activating group) is 1. The number of nitrogens with two attached hydrogens (primary N) is 2. The van der Waals surface area contributed by atoms with Gasteiger partial charge in [-0.15, -0.1) is 0 Å². The number of carbonyl (C=O) groups is 1. The van der Waals surface area contributed by atoms with Crippen molar-refractivity contribution in [1.29, 1.82) is 0 Å². The van der Waals surface area contributed by atoms with E-state index in [1.54, 1.807) is 24.3 Å². The van der Waals surface area contributed by atoms with Crippen LogP contribution in [-0.2, 0) is 6.54 Å². The van der Waals surface area contributed by atoms with Crippen LogP contribution in [0.5, 0.6) is 0 Å². The highest BCUT2D eigenvalue weighted by atomic mass is 35.5. The Kier molecular flexibility index (Phi) is 9.02. The van der Waals surface area contributed by atoms with E-state index >= 15 is 0 Å². The van der Waals surface area contributed by atoms with Gasteiger partial charge in [0, 0.05) is 61.0 Å². The second-order valence-corrected chi connectivity index (χ2v) is 10.2. The van der Waals surface area contributed by atoms with Gasteiger partial charge in [-0.1, -0.05) is 23.2 Å². The van der Waals surface area contributed by atoms with Gasteiger partial charge in [0.1, 0.15) is 17.7 Å². The Bertz CT molecular complexity index is 1140. The summed E-state index contributed by atoms with van der Waals surface area (Å²) >= 11 is 12.5. The molecule has 0 saturated carbocycles. The zero-order valence-corrected chi connectivity index (χ0v) is 22.3. The zero-order chi connectivity index (χ0) is 26.5. The second kappa shape index (κ2) is 12.2. The maximum atomic E-state index is 14.1. The second-order valence-electron chi connectivity index (χ2n) is 9.40. The molecule has 0 aliphatic carbocycles. The number of hydrogen-bond donors (Lipinski definition) is 5. The first kappa shape index (κ1) is 27.3. The summed E-state index contributed by atoms with van der Waals surface area (Å²) < 4.78 is 14.1. The van der Waals surface area contributed by atoms with E-state index in [2.05, 4.69) is 10.6 Å². The van der Waals surface area contributed by atoms with Crippen LogP contribution in [0.2, 0.25) is 10.0 Å². The Morgan fingerprint density at radius 3 is 2.57 bits per heavy atom. The summed E-state index contributed by atoms with van der Waals surface area (Å²) in [7, 11) is 1.88. The Labute approximate surface area is 226 Å². The number of rotatable bonds is 9. The highest BCUT2D eigenvalue weighted by Gasteiger charge is 2.29. The third-order valence-electron chi connectivity index (χ3n) is 6.98. The number of amides is 1. The van der Waals surface area contributed by atoms with Crippen molar-refractivity contribution in [1.82, 2.24) is 15.1 Å². The highest BCUT2D eigenvalue weighted by Crippen LogP contribution is 2.30. The molecule has 0 radical (unpaired) electrons. The van der Waals surface area contributed by atoms with Gasteiger partial charge in [-0.3, -0.25) is 4.79 Å². The SMILES string of the molecule is C[NH2+]C(CC1=C(N)NCCN1Cc1c(Cl)ccc(F)c1Cl)C(O)Nc1ccc(C(=O)N2CCCC2)cc1. The fourth-order valence-corrected chi connectivity index (χ4v) is 5.27. The number of nitrogens with zero attached hydrogens (tertiary/aromatic N) is 2. The van der Waals surface area contributed by atoms with Crippen LogP contribution in [-0.4, -0.2) is 66.3 Å². The van der Waals surface area contributed by atoms with E-state index < -0.39 is 12.0 Å². The summed E-state index contributed by atoms with van der Waals surface area (Å²) in [6.07, 6.45) is 1.61. The standard InChI is InChI=1S/C26H33Cl2FN6O2/c1-31-21(25(36)33-17-6-4-16(5-7-17)26(37)34-11-2-3-12-34)14-22-24(30)32-10-13-35(22)15-18-19(27)8-9-20(29)23(18)28/h4-9,21,25,31-33,36H,2-3,10-15,30H2,1H3/p+1. The van der Waals surface area contributed by atoms with E-state index in [0.29, 0.717) is 53.7 Å². The van der Waals surface area contributed by atoms with Crippen molar-refractivity contribution in [3.8, 4) is 0 Å². The van der Waals surface area contributed by atoms with Crippen LogP contribution in [0.4, 0.5) is 10.1 Å². The van der Waals surface area contributed by atoms with Crippen LogP contribution < -0.4 is 21.7 Å². The molecular weight excluding hydrogens is 518 g/mol. The first-order chi connectivity index (χ1) is 17.8. The number of hydrogen-bond acceptors (Lipinski definition) is 6. The lowest BCUT2D eigenvalue weighted by atomic mass is 10.1. The first-order valence-corrected chi connectivity index (χ1v) is 13.3. The summed E-state index contributed by atoms with van der Waals surface area (Å²) in [4.78, 5) is 16.5. The Hall–Kier alpha value is -2.72. The zero-order valence-electron chi connectivity index (χ0n) is 20.8. The van der Waals surface area contributed by atoms with Crippen molar-refractivity contribution < 1.29 is 19.6 Å². The van der Waals surface area contributed by atoms with Crippen LogP contribution >= 0.6 is 23.2 Å². The molecule has 2 aromatic rings. The first-order valence-electron chi connectivity index (χ1n) is 12.5. The van der Waals surface area contributed by atoms with Crippen molar-refractivity contribution in [3.63, 3.8) is 0 Å². The summed E-state index contributed by atoms with van der Waals surface area (Å²) in [5, 5.41) is 19.6. The highest BCUT2D eigenvalue weighted by molar-refractivity contribution is 6.36. The maximum absolute atomic E-state index is 14.1. The average Bonchev–Trinajstić information content (AvgIpc) is 3.43. The van der Waals surface area contributed by atoms with E-state index in [0.717, 1.165) is 31.6 Å². The molecule has 0 aromatic heterocycles. The summed E-state index contributed by atoms with van der Waals surface area (Å²) in [6.45, 7) is 3.12. The van der Waals surface area contributed by atoms with Gasteiger partial charge in [0.2, 0.25) is 0 Å². The number of halogens is 3. The van der Waals surface area contributed by atoms with Gasteiger partial charge in [-0.2, -0.15) is 0 Å². The molecule has 1 amide bonds. The minimum Gasteiger partial charge on any atom is -0.384 e. The lowest BCUT2D eigenvalue weighted by Crippen LogP contribution is -2.89. The number of carbonyl (C=O) groups excluding carboxylic acids is 1. The van der Waals surface area contributed by atoms with Crippen LogP contribution in [0.15, 0.2) is 47.9 Å². The number of anilines is 1. The van der Waals surface area contributed by atoms with Gasteiger partial charge in [0.05, 0.1) is 17.8 Å². The summed E-state index contributed by atoms with van der Waals surface area (Å²) in [5.74, 6) is 0.0103. The van der Waals surface area contributed by atoms with Gasteiger partial charge < -0.3 is 36.6 Å². The van der Waals surface area contributed by atoms with Crippen LogP contribution in [0.3, 0.4) is 0 Å². The third-order valence-corrected chi connectivity index (χ3v) is 7.74. The van der Waals surface area contributed by atoms with Gasteiger partial charge in [-0.05, 0) is 49.2 Å². The minimum absolute atomic E-state index is 0.00378. The molecule has 1 saturated heterocycles. The Balaban J connectivity index is 1.43. The molecule has 1 fully saturated rings. The fraction of sp³-hybridized carbons (Fsp3) is 0.423. The number of aliphatic hydroxyl groups is 1. The summed E-state index contributed by atoms with van der Waals surface area (Å²) in [5.41, 5.74) is 8.94. The predicted molar refractivity (Wildman–Crippen MR) is 144 cm³/mol. The van der Waals surface area contributed by atoms with Crippen molar-refractivity contribution in [2.24, 2.45) is 5.73 Å². The predicted octanol–water partition coefficient (Wildman–Crippen LogP) is 2.28. The molecule has 7 N–H and O–H groups in total. The quantitative estimate of drug-likeness (QED) is 0.241. The Morgan fingerprint density at radius 1 is 1.19 bits per heavy atom. The average molecular weight is 553 g/mol. The third kappa shape index (κ3) is 6.41. The molecule has 2 unspecified atom stereocenters. The molecule has 200 valence electrons. The topological polar surface area (TPSA) is 110 Å². The van der Waals surface area contributed by atoms with Crippen molar-refractivity contribution in [2.45, 2.75) is 38.1 Å². The van der Waals surface area contributed by atoms with Gasteiger partial charge in [-0.25, -0.2) is 4.39 Å². The molecule has 4 rings (SSSR count). The van der Waals surface area contributed by atoms with Gasteiger partial charge in [0.15, 0.2) is 6.23 Å². The largest absolute Gasteiger partial charge is 0.384 e. The van der Waals surface area contributed by atoms with Crippen LogP contribution in [0, 0.1) is 5.82 Å². The van der Waals surface area contributed by atoms with Gasteiger partial charge >= 0.3 is 0 Å². The smallest absolute Gasteiger partial charge is 0.253 e. The van der Waals surface area contributed by atoms with Crippen molar-refractivity contribution >= 4 is 34.8 Å². The van der Waals surface area contributed by atoms with Crippen molar-refractivity contribution in [3.05, 3.63) is 74.9 Å². The van der Waals surface area contributed by atoms with E-state index in [4.69, 9.17) is 28.9 Å². The molecule has 2 aliphatic rings. The number of benzene rings is 2. The minimum atomic E-state index is -0.907. The van der Waals surface area contributed by atoms with E-state index in [9.17, 15) is 14.3 Å². The number of quaternary nitrogens is 1. The summed E-state index contributed by atoms with van der Waals surface area (Å²) in [6, 6.07) is 9.61. The molecule has 2 atom stereocenters. The molecule has 37 heavy (non-hydrogen) atoms. The van der Waals surface area contributed by atoms with Crippen LogP contribution in [0.1, 0.15) is 35.2 Å². The normalized spacial score (nSPS) is 17.5. The van der Waals surface area contributed by atoms with Crippen molar-refractivity contribution in [2.75, 3.05) is 38.5 Å². The van der Waals surface area contributed by atoms with E-state index in [1.165, 1.54) is 12.1 Å². The molecule has 2 heterocycles. The molecule has 0 bridgehead atoms. The molecule has 2 aliphatic heterocycles. The lowest BCUT2D eigenvalue weighted by molar-refractivity contribution is -0.670. The number of aliphatic hydroxyl groups excluding tert-OH is 1. The molecule has 8 nitrogen and oxygen atoms in total. The van der Waals surface area contributed by atoms with Gasteiger partial charge in [0.25, 0.3) is 5.91 Å². The molecule has 0 spiro atoms. The molecule has 11 heteroatoms. The fourth-order valence-electron chi connectivity index (χ4n) is 4.78. The number of likely N-dealkylation sites (tertiary alicyclic amines) is 1. The van der Waals surface area contributed by atoms with E-state index in [1.807, 2.05) is 22.2 Å². The van der Waals surface area contributed by atoms with E-state index in [-0.39, 0.29) is 17.0 Å². The molecular formula is C26H34Cl2FN6O2+. The Morgan fingerprint density at radius 2 is 1.89 bits per heavy atom. The number of nitrogens with one attached hydrogen (secondary N) is 2. The monoisotopic (exact) mass is 551 g/mol. The lowest BCUT2D eigenvalue weighted by Gasteiger charge is -2.35. The maximum Gasteiger partial charge on any atom is 0.253 e.